The van der Waals surface area contributed by atoms with Crippen LogP contribution >= 0.6 is 0 Å². The average Bonchev–Trinajstić information content (AvgIpc) is 2.82. The van der Waals surface area contributed by atoms with Crippen molar-refractivity contribution in [2.24, 2.45) is 0 Å². The smallest absolute Gasteiger partial charge is 0.303 e. The van der Waals surface area contributed by atoms with Crippen molar-refractivity contribution >= 4 is 23.8 Å². The van der Waals surface area contributed by atoms with Crippen LogP contribution in [0.4, 0.5) is 0 Å². The Morgan fingerprint density at radius 1 is 0.889 bits per heavy atom. The predicted molar refractivity (Wildman–Crippen MR) is 90.2 cm³/mol. The number of carbonyl (C=O) groups is 4. The van der Waals surface area contributed by atoms with Crippen LogP contribution in [0.15, 0.2) is 0 Å². The van der Waals surface area contributed by atoms with Gasteiger partial charge in [-0.2, -0.15) is 0 Å². The minimum Gasteiger partial charge on any atom is -0.464 e. The Hall–Kier alpha value is -2.20. The third-order valence-corrected chi connectivity index (χ3v) is 3.55. The fourth-order valence-electron chi connectivity index (χ4n) is 2.71. The molecule has 0 spiro atoms. The van der Waals surface area contributed by atoms with Gasteiger partial charge in [0.25, 0.3) is 0 Å². The summed E-state index contributed by atoms with van der Waals surface area (Å²) in [6.07, 6.45) is -2.69. The van der Waals surface area contributed by atoms with E-state index in [9.17, 15) is 19.2 Å². The molecule has 4 atom stereocenters. The first kappa shape index (κ1) is 22.8. The molecular weight excluding hydrogens is 362 g/mol. The van der Waals surface area contributed by atoms with Gasteiger partial charge in [0, 0.05) is 27.7 Å². The zero-order chi connectivity index (χ0) is 20.8. The first-order chi connectivity index (χ1) is 12.4. The Morgan fingerprint density at radius 3 is 1.89 bits per heavy atom. The number of rotatable bonds is 8. The molecule has 1 N–H and O–H groups in total. The Kier molecular flexibility index (Phi) is 8.17. The van der Waals surface area contributed by atoms with Crippen LogP contribution in [-0.2, 0) is 42.9 Å². The molecule has 1 heterocycles. The first-order valence-corrected chi connectivity index (χ1v) is 8.48. The molecule has 0 saturated carbocycles. The highest BCUT2D eigenvalue weighted by Gasteiger charge is 2.50. The van der Waals surface area contributed by atoms with Crippen molar-refractivity contribution in [1.29, 1.82) is 0 Å². The van der Waals surface area contributed by atoms with Crippen LogP contribution in [-0.4, -0.2) is 67.2 Å². The number of amides is 1. The summed E-state index contributed by atoms with van der Waals surface area (Å²) >= 11 is 0. The van der Waals surface area contributed by atoms with Gasteiger partial charge in [-0.15, -0.1) is 0 Å². The summed E-state index contributed by atoms with van der Waals surface area (Å²) in [6, 6.07) is -0.770. The third kappa shape index (κ3) is 7.92. The number of hydrogen-bond donors (Lipinski definition) is 1. The van der Waals surface area contributed by atoms with E-state index in [1.807, 2.05) is 0 Å². The highest BCUT2D eigenvalue weighted by molar-refractivity contribution is 5.73. The van der Waals surface area contributed by atoms with Crippen molar-refractivity contribution in [3.8, 4) is 0 Å². The van der Waals surface area contributed by atoms with Crippen molar-refractivity contribution in [3.63, 3.8) is 0 Å². The molecule has 1 aliphatic heterocycles. The van der Waals surface area contributed by atoms with Crippen molar-refractivity contribution in [1.82, 2.24) is 5.32 Å². The van der Waals surface area contributed by atoms with Crippen molar-refractivity contribution in [2.45, 2.75) is 71.7 Å². The number of carbonyl (C=O) groups excluding carboxylic acids is 4. The Morgan fingerprint density at radius 2 is 1.41 bits per heavy atom. The van der Waals surface area contributed by atoms with Gasteiger partial charge >= 0.3 is 17.9 Å². The van der Waals surface area contributed by atoms with Crippen LogP contribution in [0.1, 0.15) is 41.5 Å². The van der Waals surface area contributed by atoms with Gasteiger partial charge in [-0.3, -0.25) is 19.2 Å². The summed E-state index contributed by atoms with van der Waals surface area (Å²) in [6.45, 7) is 7.84. The summed E-state index contributed by atoms with van der Waals surface area (Å²) in [5.41, 5.74) is 0. The second-order valence-corrected chi connectivity index (χ2v) is 6.62. The molecule has 1 fully saturated rings. The summed E-state index contributed by atoms with van der Waals surface area (Å²) in [4.78, 5) is 45.4. The Labute approximate surface area is 157 Å². The highest BCUT2D eigenvalue weighted by Crippen LogP contribution is 2.33. The zero-order valence-corrected chi connectivity index (χ0v) is 16.4. The fraction of sp³-hybridized carbons (Fsp3) is 0.765. The SMILES string of the molecule is CC(=O)N[C@H](COC(C)=O)[C@H]1OC(C)(C)O[C@H]1[C@@H](COC(C)=O)OC(C)=O. The van der Waals surface area contributed by atoms with E-state index in [1.54, 1.807) is 13.8 Å². The van der Waals surface area contributed by atoms with E-state index in [4.69, 9.17) is 23.7 Å². The predicted octanol–water partition coefficient (Wildman–Crippen LogP) is 0.0691. The Bertz CT molecular complexity index is 527. The van der Waals surface area contributed by atoms with Crippen LogP contribution in [0.5, 0.6) is 0 Å². The summed E-state index contributed by atoms with van der Waals surface area (Å²) < 4.78 is 26.9. The fourth-order valence-corrected chi connectivity index (χ4v) is 2.71. The van der Waals surface area contributed by atoms with Crippen LogP contribution in [0, 0.1) is 0 Å². The number of nitrogens with one attached hydrogen (secondary N) is 1. The van der Waals surface area contributed by atoms with Crippen LogP contribution in [0.3, 0.4) is 0 Å². The molecule has 0 aliphatic carbocycles. The van der Waals surface area contributed by atoms with Crippen LogP contribution < -0.4 is 5.32 Å². The lowest BCUT2D eigenvalue weighted by atomic mass is 10.0. The number of hydrogen-bond acceptors (Lipinski definition) is 9. The van der Waals surface area contributed by atoms with Crippen LogP contribution in [0.25, 0.3) is 0 Å². The maximum absolute atomic E-state index is 11.6. The van der Waals surface area contributed by atoms with E-state index in [1.165, 1.54) is 27.7 Å². The van der Waals surface area contributed by atoms with Gasteiger partial charge in [0.2, 0.25) is 5.91 Å². The highest BCUT2D eigenvalue weighted by atomic mass is 16.8. The van der Waals surface area contributed by atoms with Crippen molar-refractivity contribution in [2.75, 3.05) is 13.2 Å². The molecule has 10 heteroatoms. The van der Waals surface area contributed by atoms with E-state index in [-0.39, 0.29) is 19.1 Å². The monoisotopic (exact) mass is 389 g/mol. The third-order valence-electron chi connectivity index (χ3n) is 3.55. The van der Waals surface area contributed by atoms with Gasteiger partial charge in [0.1, 0.15) is 25.4 Å². The molecule has 0 radical (unpaired) electrons. The molecule has 0 bridgehead atoms. The van der Waals surface area contributed by atoms with Gasteiger partial charge < -0.3 is 29.0 Å². The largest absolute Gasteiger partial charge is 0.464 e. The van der Waals surface area contributed by atoms with Gasteiger partial charge in [0.15, 0.2) is 11.9 Å². The number of esters is 3. The molecule has 0 aromatic rings. The lowest BCUT2D eigenvalue weighted by Gasteiger charge is -2.30. The zero-order valence-electron chi connectivity index (χ0n) is 16.4. The summed E-state index contributed by atoms with van der Waals surface area (Å²) in [5, 5.41) is 2.65. The average molecular weight is 389 g/mol. The molecule has 0 unspecified atom stereocenters. The quantitative estimate of drug-likeness (QED) is 0.453. The van der Waals surface area contributed by atoms with Gasteiger partial charge in [-0.25, -0.2) is 0 Å². The maximum Gasteiger partial charge on any atom is 0.303 e. The Balaban J connectivity index is 3.11. The molecule has 0 aromatic carbocycles. The van der Waals surface area contributed by atoms with Crippen molar-refractivity contribution < 1.29 is 42.9 Å². The number of ether oxygens (including phenoxy) is 5. The van der Waals surface area contributed by atoms with E-state index >= 15 is 0 Å². The van der Waals surface area contributed by atoms with E-state index in [2.05, 4.69) is 5.32 Å². The maximum atomic E-state index is 11.6. The molecular formula is C17H27NO9. The lowest BCUT2D eigenvalue weighted by Crippen LogP contribution is -2.54. The molecule has 1 rings (SSSR count). The lowest BCUT2D eigenvalue weighted by molar-refractivity contribution is -0.177. The standard InChI is InChI=1S/C17H27NO9/c1-9(19)18-13(7-23-10(2)20)15-16(27-17(5,6)26-15)14(25-12(4)22)8-24-11(3)21/h13-16H,7-8H2,1-6H3,(H,18,19)/t13-,14-,15-,16+/m1/s1. The second kappa shape index (κ2) is 9.65. The molecule has 10 nitrogen and oxygen atoms in total. The van der Waals surface area contributed by atoms with Gasteiger partial charge in [0.05, 0.1) is 6.04 Å². The van der Waals surface area contributed by atoms with Crippen LogP contribution in [0.2, 0.25) is 0 Å². The first-order valence-electron chi connectivity index (χ1n) is 8.48. The molecule has 1 saturated heterocycles. The van der Waals surface area contributed by atoms with Gasteiger partial charge in [-0.1, -0.05) is 0 Å². The molecule has 1 aliphatic rings. The topological polar surface area (TPSA) is 126 Å². The van der Waals surface area contributed by atoms with E-state index in [0.717, 1.165) is 0 Å². The normalized spacial score (nSPS) is 23.0. The van der Waals surface area contributed by atoms with Crippen molar-refractivity contribution in [3.05, 3.63) is 0 Å². The second-order valence-electron chi connectivity index (χ2n) is 6.62. The molecule has 154 valence electrons. The minimum absolute atomic E-state index is 0.171. The van der Waals surface area contributed by atoms with Gasteiger partial charge in [-0.05, 0) is 13.8 Å². The minimum atomic E-state index is -1.07. The molecule has 27 heavy (non-hydrogen) atoms. The summed E-state index contributed by atoms with van der Waals surface area (Å²) in [5.74, 6) is -3.13. The molecule has 1 amide bonds. The van der Waals surface area contributed by atoms with E-state index < -0.39 is 48.0 Å². The van der Waals surface area contributed by atoms with E-state index in [0.29, 0.717) is 0 Å². The molecule has 0 aromatic heterocycles. The summed E-state index contributed by atoms with van der Waals surface area (Å²) in [7, 11) is 0.